The highest BCUT2D eigenvalue weighted by Crippen LogP contribution is 2.29. The second-order valence-electron chi connectivity index (χ2n) is 6.50. The minimum absolute atomic E-state index is 0.109. The van der Waals surface area contributed by atoms with E-state index in [9.17, 15) is 13.6 Å². The first-order chi connectivity index (χ1) is 13.3. The summed E-state index contributed by atoms with van der Waals surface area (Å²) in [5.74, 6) is -0.674. The highest BCUT2D eigenvalue weighted by molar-refractivity contribution is 6.07. The Hall–Kier alpha value is -3.07. The van der Waals surface area contributed by atoms with E-state index in [1.807, 2.05) is 25.1 Å². The van der Waals surface area contributed by atoms with Crippen LogP contribution in [0.2, 0.25) is 0 Å². The number of aliphatic hydroxyl groups excluding tert-OH is 1. The molecule has 0 saturated heterocycles. The maximum absolute atomic E-state index is 13.5. The molecule has 0 radical (unpaired) electrons. The fourth-order valence-corrected chi connectivity index (χ4v) is 3.16. The number of hydrogen-bond acceptors (Lipinski definition) is 5. The molecule has 0 aliphatic heterocycles. The molecule has 9 heteroatoms. The Kier molecular flexibility index (Phi) is 5.55. The van der Waals surface area contributed by atoms with Crippen LogP contribution in [0.15, 0.2) is 30.5 Å². The number of hydrogen-bond donors (Lipinski definition) is 2. The van der Waals surface area contributed by atoms with Crippen molar-refractivity contribution < 1.29 is 18.7 Å². The van der Waals surface area contributed by atoms with E-state index in [2.05, 4.69) is 15.4 Å². The number of benzene rings is 1. The third-order valence-electron chi connectivity index (χ3n) is 4.37. The van der Waals surface area contributed by atoms with Crippen molar-refractivity contribution in [1.29, 1.82) is 0 Å². The first kappa shape index (κ1) is 19.7. The number of nitrogens with zero attached hydrogens (tertiary/aromatic N) is 4. The zero-order valence-electron chi connectivity index (χ0n) is 15.8. The Labute approximate surface area is 160 Å². The lowest BCUT2D eigenvalue weighted by atomic mass is 10.1. The summed E-state index contributed by atoms with van der Waals surface area (Å²) in [5, 5.41) is 16.5. The highest BCUT2D eigenvalue weighted by Gasteiger charge is 2.27. The summed E-state index contributed by atoms with van der Waals surface area (Å²) in [7, 11) is 3.79. The minimum Gasteiger partial charge on any atom is -0.394 e. The van der Waals surface area contributed by atoms with Gasteiger partial charge < -0.3 is 15.3 Å². The molecule has 0 atom stereocenters. The number of alkyl halides is 2. The van der Waals surface area contributed by atoms with Crippen molar-refractivity contribution in [3.63, 3.8) is 0 Å². The fourth-order valence-electron chi connectivity index (χ4n) is 3.16. The van der Waals surface area contributed by atoms with E-state index in [1.54, 1.807) is 24.4 Å². The van der Waals surface area contributed by atoms with Gasteiger partial charge in [0.15, 0.2) is 0 Å². The molecule has 0 saturated carbocycles. The summed E-state index contributed by atoms with van der Waals surface area (Å²) < 4.78 is 28.1. The molecule has 0 bridgehead atoms. The normalized spacial score (nSPS) is 11.2. The van der Waals surface area contributed by atoms with Gasteiger partial charge in [0.05, 0.1) is 29.9 Å². The van der Waals surface area contributed by atoms with Crippen LogP contribution in [-0.2, 0) is 6.54 Å². The molecular formula is C19H21F2N5O2. The number of fused-ring (bicyclic) bond motifs is 1. The molecule has 3 rings (SSSR count). The maximum atomic E-state index is 13.5. The van der Waals surface area contributed by atoms with Crippen LogP contribution < -0.4 is 10.2 Å². The zero-order chi connectivity index (χ0) is 20.4. The van der Waals surface area contributed by atoms with Crippen molar-refractivity contribution in [3.8, 4) is 0 Å². The molecule has 3 aromatic rings. The summed E-state index contributed by atoms with van der Waals surface area (Å²) in [6.45, 7) is 1.03. The standard InChI is InChI=1S/C19H21F2N5O2/c1-11-16(17(18(20)21)26(24-11)8-9-27)19(28)23-12-4-5-14-13(10-12)15(25(2)3)6-7-22-14/h4-7,10,18,27H,8-9H2,1-3H3,(H,23,28). The van der Waals surface area contributed by atoms with Gasteiger partial charge in [0, 0.05) is 37.1 Å². The van der Waals surface area contributed by atoms with Crippen LogP contribution >= 0.6 is 0 Å². The van der Waals surface area contributed by atoms with E-state index in [0.29, 0.717) is 5.69 Å². The van der Waals surface area contributed by atoms with Crippen molar-refractivity contribution in [2.24, 2.45) is 0 Å². The Balaban J connectivity index is 1.99. The molecule has 2 N–H and O–H groups in total. The van der Waals surface area contributed by atoms with Gasteiger partial charge in [-0.05, 0) is 31.2 Å². The number of aromatic nitrogens is 3. The van der Waals surface area contributed by atoms with E-state index < -0.39 is 18.0 Å². The largest absolute Gasteiger partial charge is 0.394 e. The van der Waals surface area contributed by atoms with Crippen molar-refractivity contribution in [2.45, 2.75) is 19.9 Å². The molecule has 0 fully saturated rings. The monoisotopic (exact) mass is 389 g/mol. The zero-order valence-corrected chi connectivity index (χ0v) is 15.8. The van der Waals surface area contributed by atoms with E-state index in [0.717, 1.165) is 21.3 Å². The number of pyridine rings is 1. The third-order valence-corrected chi connectivity index (χ3v) is 4.37. The highest BCUT2D eigenvalue weighted by atomic mass is 19.3. The van der Waals surface area contributed by atoms with Crippen LogP contribution in [0.3, 0.4) is 0 Å². The van der Waals surface area contributed by atoms with Crippen molar-refractivity contribution in [1.82, 2.24) is 14.8 Å². The van der Waals surface area contributed by atoms with E-state index in [-0.39, 0.29) is 24.4 Å². The molecule has 1 aromatic carbocycles. The molecule has 0 aliphatic carbocycles. The number of anilines is 2. The Morgan fingerprint density at radius 3 is 2.71 bits per heavy atom. The lowest BCUT2D eigenvalue weighted by Gasteiger charge is -2.16. The molecule has 2 aromatic heterocycles. The second kappa shape index (κ2) is 7.89. The van der Waals surface area contributed by atoms with Crippen molar-refractivity contribution >= 4 is 28.2 Å². The average Bonchev–Trinajstić information content (AvgIpc) is 2.97. The van der Waals surface area contributed by atoms with E-state index >= 15 is 0 Å². The molecule has 0 aliphatic rings. The fraction of sp³-hybridized carbons (Fsp3) is 0.316. The number of aryl methyl sites for hydroxylation is 1. The number of halogens is 2. The van der Waals surface area contributed by atoms with Gasteiger partial charge in [-0.25, -0.2) is 8.78 Å². The number of rotatable bonds is 6. The third kappa shape index (κ3) is 3.65. The molecule has 0 unspecified atom stereocenters. The molecule has 148 valence electrons. The number of amides is 1. The SMILES string of the molecule is Cc1nn(CCO)c(C(F)F)c1C(=O)Nc1ccc2nccc(N(C)C)c2c1. The Bertz CT molecular complexity index is 1020. The molecule has 0 spiro atoms. The van der Waals surface area contributed by atoms with Gasteiger partial charge in [-0.3, -0.25) is 14.5 Å². The summed E-state index contributed by atoms with van der Waals surface area (Å²) in [4.78, 5) is 19.0. The lowest BCUT2D eigenvalue weighted by Crippen LogP contribution is -2.17. The molecule has 1 amide bonds. The van der Waals surface area contributed by atoms with Gasteiger partial charge in [-0.1, -0.05) is 0 Å². The summed E-state index contributed by atoms with van der Waals surface area (Å²) in [6, 6.07) is 7.03. The summed E-state index contributed by atoms with van der Waals surface area (Å²) >= 11 is 0. The average molecular weight is 389 g/mol. The minimum atomic E-state index is -2.89. The molecule has 7 nitrogen and oxygen atoms in total. The van der Waals surface area contributed by atoms with E-state index in [1.165, 1.54) is 6.92 Å². The van der Waals surface area contributed by atoms with Crippen LogP contribution in [0.25, 0.3) is 10.9 Å². The van der Waals surface area contributed by atoms with Crippen molar-refractivity contribution in [3.05, 3.63) is 47.4 Å². The molecule has 28 heavy (non-hydrogen) atoms. The van der Waals surface area contributed by atoms with Crippen molar-refractivity contribution in [2.75, 3.05) is 30.9 Å². The number of nitrogens with one attached hydrogen (secondary N) is 1. The Morgan fingerprint density at radius 2 is 2.07 bits per heavy atom. The first-order valence-corrected chi connectivity index (χ1v) is 8.67. The smallest absolute Gasteiger partial charge is 0.280 e. The summed E-state index contributed by atoms with van der Waals surface area (Å²) in [5.41, 5.74) is 1.63. The van der Waals surface area contributed by atoms with Crippen LogP contribution in [0.1, 0.15) is 28.2 Å². The van der Waals surface area contributed by atoms with Crippen LogP contribution in [0.4, 0.5) is 20.2 Å². The number of carbonyl (C=O) groups is 1. The van der Waals surface area contributed by atoms with Gasteiger partial charge in [0.25, 0.3) is 12.3 Å². The number of carbonyl (C=O) groups excluding carboxylic acids is 1. The number of aliphatic hydroxyl groups is 1. The lowest BCUT2D eigenvalue weighted by molar-refractivity contribution is 0.100. The quantitative estimate of drug-likeness (QED) is 0.677. The topological polar surface area (TPSA) is 83.3 Å². The van der Waals surface area contributed by atoms with E-state index in [4.69, 9.17) is 5.11 Å². The predicted octanol–water partition coefficient (Wildman–Crippen LogP) is 2.99. The maximum Gasteiger partial charge on any atom is 0.280 e. The van der Waals surface area contributed by atoms with Crippen LogP contribution in [0, 0.1) is 6.92 Å². The van der Waals surface area contributed by atoms with Gasteiger partial charge in [0.1, 0.15) is 5.69 Å². The predicted molar refractivity (Wildman–Crippen MR) is 103 cm³/mol. The summed E-state index contributed by atoms with van der Waals surface area (Å²) in [6.07, 6.45) is -1.20. The van der Waals surface area contributed by atoms with Gasteiger partial charge >= 0.3 is 0 Å². The molecule has 2 heterocycles. The first-order valence-electron chi connectivity index (χ1n) is 8.67. The van der Waals surface area contributed by atoms with Gasteiger partial charge in [0.2, 0.25) is 0 Å². The second-order valence-corrected chi connectivity index (χ2v) is 6.50. The van der Waals surface area contributed by atoms with Crippen LogP contribution in [-0.4, -0.2) is 46.5 Å². The van der Waals surface area contributed by atoms with Crippen LogP contribution in [0.5, 0.6) is 0 Å². The van der Waals surface area contributed by atoms with Gasteiger partial charge in [-0.2, -0.15) is 5.10 Å². The molecular weight excluding hydrogens is 368 g/mol. The Morgan fingerprint density at radius 1 is 1.32 bits per heavy atom. The van der Waals surface area contributed by atoms with Gasteiger partial charge in [-0.15, -0.1) is 0 Å².